The summed E-state index contributed by atoms with van der Waals surface area (Å²) in [6.07, 6.45) is 2.07. The molecule has 0 aromatic heterocycles. The molecular weight excluding hydrogens is 276 g/mol. The number of benzene rings is 1. The molecule has 0 amide bonds. The summed E-state index contributed by atoms with van der Waals surface area (Å²) >= 11 is 0. The molecule has 1 aromatic rings. The summed E-state index contributed by atoms with van der Waals surface area (Å²) in [4.78, 5) is 0.287. The highest BCUT2D eigenvalue weighted by Crippen LogP contribution is 2.25. The van der Waals surface area contributed by atoms with Gasteiger partial charge in [0.15, 0.2) is 0 Å². The highest BCUT2D eigenvalue weighted by atomic mass is 32.2. The van der Waals surface area contributed by atoms with Crippen molar-refractivity contribution in [3.8, 4) is 0 Å². The molecule has 0 fully saturated rings. The number of methoxy groups -OCH3 is 1. The van der Waals surface area contributed by atoms with Crippen LogP contribution >= 0.6 is 0 Å². The van der Waals surface area contributed by atoms with Gasteiger partial charge in [0.05, 0.1) is 17.0 Å². The Bertz CT molecular complexity index is 582. The maximum Gasteiger partial charge on any atom is 0.241 e. The first-order valence-corrected chi connectivity index (χ1v) is 8.22. The Labute approximate surface area is 120 Å². The van der Waals surface area contributed by atoms with Crippen LogP contribution in [-0.2, 0) is 21.2 Å². The topological polar surface area (TPSA) is 67.4 Å². The van der Waals surface area contributed by atoms with Crippen LogP contribution in [0.1, 0.15) is 25.8 Å². The Balaban J connectivity index is 2.26. The van der Waals surface area contributed by atoms with Gasteiger partial charge in [-0.3, -0.25) is 0 Å². The fourth-order valence-electron chi connectivity index (χ4n) is 2.42. The molecule has 0 spiro atoms. The van der Waals surface area contributed by atoms with Crippen molar-refractivity contribution < 1.29 is 13.2 Å². The van der Waals surface area contributed by atoms with Gasteiger partial charge in [-0.05, 0) is 44.4 Å². The summed E-state index contributed by atoms with van der Waals surface area (Å²) in [7, 11) is -1.99. The molecule has 0 unspecified atom stereocenters. The summed E-state index contributed by atoms with van der Waals surface area (Å²) in [5.74, 6) is 0. The van der Waals surface area contributed by atoms with Crippen LogP contribution in [0.4, 0.5) is 5.69 Å². The second-order valence-corrected chi connectivity index (χ2v) is 7.45. The lowest BCUT2D eigenvalue weighted by atomic mass is 10.0. The zero-order valence-corrected chi connectivity index (χ0v) is 13.0. The molecule has 1 heterocycles. The van der Waals surface area contributed by atoms with Gasteiger partial charge in [-0.25, -0.2) is 13.1 Å². The molecule has 5 nitrogen and oxygen atoms in total. The number of ether oxygens (including phenoxy) is 1. The standard InChI is InChI=1S/C14H22N2O3S/c1-14(2,10-19-3)16-20(17,18)12-7-6-11-5-4-8-15-13(11)9-12/h6-7,9,15-16H,4-5,8,10H2,1-3H3. The minimum atomic E-state index is -3.54. The average Bonchev–Trinajstić information content (AvgIpc) is 2.36. The van der Waals surface area contributed by atoms with E-state index in [2.05, 4.69) is 10.0 Å². The molecule has 1 aromatic carbocycles. The van der Waals surface area contributed by atoms with Gasteiger partial charge < -0.3 is 10.1 Å². The number of hydrogen-bond acceptors (Lipinski definition) is 4. The zero-order chi connectivity index (χ0) is 14.8. The normalized spacial score (nSPS) is 15.6. The Kier molecular flexibility index (Phi) is 4.36. The molecular formula is C14H22N2O3S. The molecule has 0 radical (unpaired) electrons. The fraction of sp³-hybridized carbons (Fsp3) is 0.571. The third-order valence-corrected chi connectivity index (χ3v) is 4.94. The lowest BCUT2D eigenvalue weighted by molar-refractivity contribution is 0.141. The lowest BCUT2D eigenvalue weighted by Crippen LogP contribution is -2.46. The van der Waals surface area contributed by atoms with E-state index in [0.29, 0.717) is 6.61 Å². The van der Waals surface area contributed by atoms with Gasteiger partial charge in [-0.1, -0.05) is 6.07 Å². The van der Waals surface area contributed by atoms with Crippen molar-refractivity contribution in [2.24, 2.45) is 0 Å². The second-order valence-electron chi connectivity index (χ2n) is 5.77. The minimum Gasteiger partial charge on any atom is -0.385 e. The van der Waals surface area contributed by atoms with Crippen molar-refractivity contribution in [3.63, 3.8) is 0 Å². The van der Waals surface area contributed by atoms with E-state index in [1.54, 1.807) is 33.1 Å². The fourth-order valence-corrected chi connectivity index (χ4v) is 3.84. The van der Waals surface area contributed by atoms with E-state index in [9.17, 15) is 8.42 Å². The number of sulfonamides is 1. The predicted octanol–water partition coefficient (Wildman–Crippen LogP) is 1.75. The monoisotopic (exact) mass is 298 g/mol. The minimum absolute atomic E-state index is 0.287. The summed E-state index contributed by atoms with van der Waals surface area (Å²) in [6, 6.07) is 5.26. The number of hydrogen-bond donors (Lipinski definition) is 2. The van der Waals surface area contributed by atoms with E-state index in [-0.39, 0.29) is 4.90 Å². The second kappa shape index (κ2) is 5.71. The molecule has 2 rings (SSSR count). The largest absolute Gasteiger partial charge is 0.385 e. The van der Waals surface area contributed by atoms with Gasteiger partial charge in [0.1, 0.15) is 0 Å². The van der Waals surface area contributed by atoms with E-state index >= 15 is 0 Å². The number of anilines is 1. The summed E-state index contributed by atoms with van der Waals surface area (Å²) < 4.78 is 32.5. The van der Waals surface area contributed by atoms with Crippen LogP contribution in [-0.4, -0.2) is 34.2 Å². The van der Waals surface area contributed by atoms with Crippen molar-refractivity contribution >= 4 is 15.7 Å². The maximum absolute atomic E-state index is 12.4. The Morgan fingerprint density at radius 3 is 2.85 bits per heavy atom. The number of rotatable bonds is 5. The predicted molar refractivity (Wildman–Crippen MR) is 79.5 cm³/mol. The molecule has 1 aliphatic heterocycles. The first kappa shape index (κ1) is 15.3. The first-order valence-electron chi connectivity index (χ1n) is 6.74. The maximum atomic E-state index is 12.4. The van der Waals surface area contributed by atoms with E-state index < -0.39 is 15.6 Å². The molecule has 0 bridgehead atoms. The SMILES string of the molecule is COCC(C)(C)NS(=O)(=O)c1ccc2c(c1)NCCC2. The number of aryl methyl sites for hydroxylation is 1. The molecule has 0 aliphatic carbocycles. The lowest BCUT2D eigenvalue weighted by Gasteiger charge is -2.25. The van der Waals surface area contributed by atoms with Crippen molar-refractivity contribution in [1.29, 1.82) is 0 Å². The van der Waals surface area contributed by atoms with Gasteiger partial charge in [0, 0.05) is 19.3 Å². The van der Waals surface area contributed by atoms with Crippen molar-refractivity contribution in [1.82, 2.24) is 4.72 Å². The highest BCUT2D eigenvalue weighted by molar-refractivity contribution is 7.89. The third kappa shape index (κ3) is 3.50. The van der Waals surface area contributed by atoms with Crippen molar-refractivity contribution in [2.75, 3.05) is 25.6 Å². The summed E-state index contributed by atoms with van der Waals surface area (Å²) in [5.41, 5.74) is 1.45. The Morgan fingerprint density at radius 2 is 2.15 bits per heavy atom. The Morgan fingerprint density at radius 1 is 1.40 bits per heavy atom. The quantitative estimate of drug-likeness (QED) is 0.869. The van der Waals surface area contributed by atoms with Gasteiger partial charge in [0.2, 0.25) is 10.0 Å². The van der Waals surface area contributed by atoms with E-state index in [1.165, 1.54) is 5.56 Å². The first-order chi connectivity index (χ1) is 9.34. The smallest absolute Gasteiger partial charge is 0.241 e. The van der Waals surface area contributed by atoms with Crippen LogP contribution in [0, 0.1) is 0 Å². The highest BCUT2D eigenvalue weighted by Gasteiger charge is 2.26. The van der Waals surface area contributed by atoms with Gasteiger partial charge in [-0.2, -0.15) is 0 Å². The molecule has 6 heteroatoms. The van der Waals surface area contributed by atoms with Crippen molar-refractivity contribution in [2.45, 2.75) is 37.1 Å². The molecule has 0 atom stereocenters. The average molecular weight is 298 g/mol. The molecule has 0 saturated heterocycles. The van der Waals surface area contributed by atoms with E-state index in [0.717, 1.165) is 25.1 Å². The van der Waals surface area contributed by atoms with Crippen LogP contribution in [0.15, 0.2) is 23.1 Å². The molecule has 112 valence electrons. The number of fused-ring (bicyclic) bond motifs is 1. The van der Waals surface area contributed by atoms with Crippen LogP contribution in [0.5, 0.6) is 0 Å². The number of nitrogens with one attached hydrogen (secondary N) is 2. The van der Waals surface area contributed by atoms with Crippen LogP contribution < -0.4 is 10.0 Å². The summed E-state index contributed by atoms with van der Waals surface area (Å²) in [6.45, 7) is 4.80. The van der Waals surface area contributed by atoms with Gasteiger partial charge in [-0.15, -0.1) is 0 Å². The van der Waals surface area contributed by atoms with E-state index in [4.69, 9.17) is 4.74 Å². The molecule has 20 heavy (non-hydrogen) atoms. The van der Waals surface area contributed by atoms with Crippen molar-refractivity contribution in [3.05, 3.63) is 23.8 Å². The molecule has 1 aliphatic rings. The van der Waals surface area contributed by atoms with Crippen LogP contribution in [0.2, 0.25) is 0 Å². The zero-order valence-electron chi connectivity index (χ0n) is 12.2. The van der Waals surface area contributed by atoms with Crippen LogP contribution in [0.3, 0.4) is 0 Å². The third-order valence-electron chi connectivity index (χ3n) is 3.25. The van der Waals surface area contributed by atoms with Gasteiger partial charge in [0.25, 0.3) is 0 Å². The Hall–Kier alpha value is -1.11. The molecule has 2 N–H and O–H groups in total. The van der Waals surface area contributed by atoms with Gasteiger partial charge >= 0.3 is 0 Å². The van der Waals surface area contributed by atoms with E-state index in [1.807, 2.05) is 6.07 Å². The van der Waals surface area contributed by atoms with Crippen LogP contribution in [0.25, 0.3) is 0 Å². The summed E-state index contributed by atoms with van der Waals surface area (Å²) in [5, 5.41) is 3.25. The molecule has 0 saturated carbocycles.